The van der Waals surface area contributed by atoms with Crippen LogP contribution in [0.4, 0.5) is 10.5 Å². The number of carboxylic acid groups (broad SMARTS) is 1. The number of nitrogens with one attached hydrogen (secondary N) is 2. The molecule has 2 unspecified atom stereocenters. The lowest BCUT2D eigenvalue weighted by atomic mass is 9.84. The zero-order valence-electron chi connectivity index (χ0n) is 12.5. The Morgan fingerprint density at radius 2 is 1.76 bits per heavy atom. The minimum absolute atomic E-state index is 0.291. The highest BCUT2D eigenvalue weighted by molar-refractivity contribution is 5.91. The minimum atomic E-state index is -0.827. The molecular weight excluding hydrogens is 268 g/mol. The van der Waals surface area contributed by atoms with Gasteiger partial charge in [-0.1, -0.05) is 31.0 Å². The molecule has 2 rings (SSSR count). The second kappa shape index (κ2) is 6.61. The second-order valence-electron chi connectivity index (χ2n) is 5.70. The first-order valence-corrected chi connectivity index (χ1v) is 7.35. The number of hydrogen-bond donors (Lipinski definition) is 3. The van der Waals surface area contributed by atoms with Gasteiger partial charge < -0.3 is 15.7 Å². The summed E-state index contributed by atoms with van der Waals surface area (Å²) < 4.78 is 0. The van der Waals surface area contributed by atoms with E-state index in [0.717, 1.165) is 36.1 Å². The predicted octanol–water partition coefficient (Wildman–Crippen LogP) is 3.07. The van der Waals surface area contributed by atoms with Crippen molar-refractivity contribution in [1.29, 1.82) is 0 Å². The van der Waals surface area contributed by atoms with Gasteiger partial charge in [0.2, 0.25) is 0 Å². The number of aryl methyl sites for hydroxylation is 2. The molecule has 1 fully saturated rings. The van der Waals surface area contributed by atoms with Gasteiger partial charge in [-0.15, -0.1) is 0 Å². The van der Waals surface area contributed by atoms with Crippen LogP contribution in [-0.4, -0.2) is 23.1 Å². The van der Waals surface area contributed by atoms with Gasteiger partial charge in [-0.05, 0) is 37.8 Å². The molecule has 1 aromatic rings. The molecule has 1 aliphatic rings. The summed E-state index contributed by atoms with van der Waals surface area (Å²) in [5, 5.41) is 14.9. The monoisotopic (exact) mass is 290 g/mol. The van der Waals surface area contributed by atoms with E-state index in [4.69, 9.17) is 0 Å². The molecule has 0 spiro atoms. The fraction of sp³-hybridized carbons (Fsp3) is 0.500. The molecule has 5 heteroatoms. The van der Waals surface area contributed by atoms with Crippen LogP contribution in [-0.2, 0) is 4.79 Å². The average molecular weight is 290 g/mol. The van der Waals surface area contributed by atoms with Crippen LogP contribution in [0.15, 0.2) is 18.2 Å². The number of aliphatic carboxylic acids is 1. The van der Waals surface area contributed by atoms with Crippen molar-refractivity contribution >= 4 is 17.7 Å². The summed E-state index contributed by atoms with van der Waals surface area (Å²) in [7, 11) is 0. The van der Waals surface area contributed by atoms with E-state index in [1.165, 1.54) is 0 Å². The molecule has 1 aliphatic carbocycles. The molecule has 0 saturated heterocycles. The van der Waals surface area contributed by atoms with E-state index in [1.807, 2.05) is 32.0 Å². The van der Waals surface area contributed by atoms with Crippen LogP contribution in [0.1, 0.15) is 36.8 Å². The number of rotatable bonds is 3. The van der Waals surface area contributed by atoms with Crippen molar-refractivity contribution in [2.75, 3.05) is 5.32 Å². The largest absolute Gasteiger partial charge is 0.481 e. The minimum Gasteiger partial charge on any atom is -0.481 e. The second-order valence-corrected chi connectivity index (χ2v) is 5.70. The fourth-order valence-electron chi connectivity index (χ4n) is 2.93. The number of anilines is 1. The molecule has 0 radical (unpaired) electrons. The summed E-state index contributed by atoms with van der Waals surface area (Å²) in [4.78, 5) is 23.4. The van der Waals surface area contributed by atoms with Crippen LogP contribution in [0.5, 0.6) is 0 Å². The lowest BCUT2D eigenvalue weighted by Gasteiger charge is -2.29. The first-order chi connectivity index (χ1) is 9.99. The van der Waals surface area contributed by atoms with Crippen molar-refractivity contribution in [3.63, 3.8) is 0 Å². The molecule has 114 valence electrons. The molecule has 2 amide bonds. The topological polar surface area (TPSA) is 78.4 Å². The summed E-state index contributed by atoms with van der Waals surface area (Å²) in [5.74, 6) is -1.31. The third-order valence-electron chi connectivity index (χ3n) is 4.12. The molecule has 21 heavy (non-hydrogen) atoms. The number of benzene rings is 1. The molecule has 0 heterocycles. The Morgan fingerprint density at radius 3 is 2.38 bits per heavy atom. The molecule has 2 atom stereocenters. The van der Waals surface area contributed by atoms with Gasteiger partial charge in [-0.3, -0.25) is 4.79 Å². The zero-order valence-corrected chi connectivity index (χ0v) is 12.5. The normalized spacial score (nSPS) is 21.6. The van der Waals surface area contributed by atoms with E-state index in [1.54, 1.807) is 0 Å². The Balaban J connectivity index is 2.02. The first kappa shape index (κ1) is 15.4. The quantitative estimate of drug-likeness (QED) is 0.800. The van der Waals surface area contributed by atoms with Gasteiger partial charge >= 0.3 is 12.0 Å². The van der Waals surface area contributed by atoms with Crippen molar-refractivity contribution in [3.8, 4) is 0 Å². The summed E-state index contributed by atoms with van der Waals surface area (Å²) in [6.07, 6.45) is 3.21. The summed E-state index contributed by atoms with van der Waals surface area (Å²) >= 11 is 0. The maximum absolute atomic E-state index is 12.1. The maximum Gasteiger partial charge on any atom is 0.319 e. The van der Waals surface area contributed by atoms with Gasteiger partial charge in [-0.2, -0.15) is 0 Å². The highest BCUT2D eigenvalue weighted by atomic mass is 16.4. The maximum atomic E-state index is 12.1. The number of carboxylic acids is 1. The Bertz CT molecular complexity index is 522. The van der Waals surface area contributed by atoms with Gasteiger partial charge in [0.15, 0.2) is 0 Å². The molecule has 5 nitrogen and oxygen atoms in total. The fourth-order valence-corrected chi connectivity index (χ4v) is 2.93. The van der Waals surface area contributed by atoms with E-state index in [0.29, 0.717) is 6.42 Å². The van der Waals surface area contributed by atoms with Gasteiger partial charge in [0.05, 0.1) is 5.92 Å². The van der Waals surface area contributed by atoms with Crippen LogP contribution in [0.25, 0.3) is 0 Å². The van der Waals surface area contributed by atoms with Crippen LogP contribution >= 0.6 is 0 Å². The molecular formula is C16H22N2O3. The van der Waals surface area contributed by atoms with Crippen LogP contribution in [0.3, 0.4) is 0 Å². The molecule has 1 saturated carbocycles. The Hall–Kier alpha value is -2.04. The summed E-state index contributed by atoms with van der Waals surface area (Å²) in [6, 6.07) is 5.19. The lowest BCUT2D eigenvalue weighted by molar-refractivity contribution is -0.143. The summed E-state index contributed by atoms with van der Waals surface area (Å²) in [5.41, 5.74) is 2.77. The van der Waals surface area contributed by atoms with E-state index in [-0.39, 0.29) is 12.1 Å². The van der Waals surface area contributed by atoms with Crippen LogP contribution < -0.4 is 10.6 Å². The third kappa shape index (κ3) is 3.74. The van der Waals surface area contributed by atoms with Gasteiger partial charge in [0, 0.05) is 11.7 Å². The summed E-state index contributed by atoms with van der Waals surface area (Å²) in [6.45, 7) is 3.87. The smallest absolute Gasteiger partial charge is 0.319 e. The van der Waals surface area contributed by atoms with E-state index < -0.39 is 11.9 Å². The number of amides is 2. The highest BCUT2D eigenvalue weighted by Crippen LogP contribution is 2.25. The number of carbonyl (C=O) groups excluding carboxylic acids is 1. The number of urea groups is 1. The Kier molecular flexibility index (Phi) is 4.83. The Labute approximate surface area is 124 Å². The lowest BCUT2D eigenvalue weighted by Crippen LogP contribution is -2.46. The van der Waals surface area contributed by atoms with Crippen LogP contribution in [0, 0.1) is 19.8 Å². The van der Waals surface area contributed by atoms with Crippen molar-refractivity contribution in [3.05, 3.63) is 29.3 Å². The SMILES string of the molecule is Cc1cccc(C)c1NC(=O)NC1CCCCC1C(=O)O. The zero-order chi connectivity index (χ0) is 15.4. The van der Waals surface area contributed by atoms with Crippen LogP contribution in [0.2, 0.25) is 0 Å². The van der Waals surface area contributed by atoms with Gasteiger partial charge in [0.25, 0.3) is 0 Å². The van der Waals surface area contributed by atoms with Gasteiger partial charge in [0.1, 0.15) is 0 Å². The van der Waals surface area contributed by atoms with E-state index in [9.17, 15) is 14.7 Å². The Morgan fingerprint density at radius 1 is 1.14 bits per heavy atom. The highest BCUT2D eigenvalue weighted by Gasteiger charge is 2.31. The van der Waals surface area contributed by atoms with Gasteiger partial charge in [-0.25, -0.2) is 4.79 Å². The van der Waals surface area contributed by atoms with Crippen molar-refractivity contribution in [1.82, 2.24) is 5.32 Å². The predicted molar refractivity (Wildman–Crippen MR) is 81.5 cm³/mol. The number of hydrogen-bond acceptors (Lipinski definition) is 2. The molecule has 1 aromatic carbocycles. The van der Waals surface area contributed by atoms with Crippen molar-refractivity contribution in [2.45, 2.75) is 45.6 Å². The molecule has 0 bridgehead atoms. The van der Waals surface area contributed by atoms with Crippen molar-refractivity contribution < 1.29 is 14.7 Å². The molecule has 0 aromatic heterocycles. The number of carbonyl (C=O) groups is 2. The van der Waals surface area contributed by atoms with E-state index >= 15 is 0 Å². The third-order valence-corrected chi connectivity index (χ3v) is 4.12. The first-order valence-electron chi connectivity index (χ1n) is 7.35. The van der Waals surface area contributed by atoms with Crippen molar-refractivity contribution in [2.24, 2.45) is 5.92 Å². The van der Waals surface area contributed by atoms with E-state index in [2.05, 4.69) is 10.6 Å². The number of para-hydroxylation sites is 1. The standard InChI is InChI=1S/C16H22N2O3/c1-10-6-5-7-11(2)14(10)18-16(21)17-13-9-4-3-8-12(13)15(19)20/h5-7,12-13H,3-4,8-9H2,1-2H3,(H,19,20)(H2,17,18,21). The molecule has 0 aliphatic heterocycles. The molecule has 3 N–H and O–H groups in total. The average Bonchev–Trinajstić information content (AvgIpc) is 2.43.